The maximum absolute atomic E-state index is 8.66. The first kappa shape index (κ1) is 12.5. The van der Waals surface area contributed by atoms with Gasteiger partial charge in [0.2, 0.25) is 0 Å². The van der Waals surface area contributed by atoms with E-state index in [1.165, 1.54) is 7.11 Å². The number of methoxy groups -OCH3 is 1. The average molecular weight is 247 g/mol. The molecule has 0 aromatic heterocycles. The van der Waals surface area contributed by atoms with Crippen LogP contribution in [0.2, 0.25) is 6.32 Å². The van der Waals surface area contributed by atoms with Crippen molar-refractivity contribution in [2.75, 3.05) is 7.11 Å². The van der Waals surface area contributed by atoms with Gasteiger partial charge < -0.3 is 14.8 Å². The molecule has 0 aromatic carbocycles. The van der Waals surface area contributed by atoms with Crippen LogP contribution in [0, 0.1) is 0 Å². The molecule has 0 rings (SSSR count). The third-order valence-electron chi connectivity index (χ3n) is 1.27. The normalized spacial score (nSPS) is 12.6. The van der Waals surface area contributed by atoms with Gasteiger partial charge in [0, 0.05) is 10.8 Å². The maximum atomic E-state index is 8.66. The lowest BCUT2D eigenvalue weighted by atomic mass is 9.85. The highest BCUT2D eigenvalue weighted by Gasteiger charge is 2.09. The van der Waals surface area contributed by atoms with E-state index in [1.54, 1.807) is 18.2 Å². The number of allylic oxidation sites excluding steroid dienone is 5. The van der Waals surface area contributed by atoms with Gasteiger partial charge in [0.15, 0.2) is 0 Å². The van der Waals surface area contributed by atoms with Gasteiger partial charge >= 0.3 is 7.12 Å². The van der Waals surface area contributed by atoms with Crippen LogP contribution < -0.4 is 0 Å². The van der Waals surface area contributed by atoms with E-state index < -0.39 is 7.12 Å². The lowest BCUT2D eigenvalue weighted by molar-refractivity contribution is 0.284. The van der Waals surface area contributed by atoms with Crippen molar-refractivity contribution in [2.45, 2.75) is 6.32 Å². The summed E-state index contributed by atoms with van der Waals surface area (Å²) < 4.78 is 5.70. The highest BCUT2D eigenvalue weighted by Crippen LogP contribution is 2.09. The van der Waals surface area contributed by atoms with Crippen molar-refractivity contribution in [1.82, 2.24) is 0 Å². The van der Waals surface area contributed by atoms with Crippen LogP contribution in [-0.2, 0) is 4.74 Å². The van der Waals surface area contributed by atoms with Crippen LogP contribution in [-0.4, -0.2) is 24.3 Å². The topological polar surface area (TPSA) is 49.7 Å². The first-order chi connectivity index (χ1) is 6.10. The van der Waals surface area contributed by atoms with Gasteiger partial charge in [0.05, 0.1) is 12.9 Å². The molecule has 0 fully saturated rings. The highest BCUT2D eigenvalue weighted by molar-refractivity contribution is 9.11. The predicted molar refractivity (Wildman–Crippen MR) is 57.3 cm³/mol. The molecule has 72 valence electrons. The smallest absolute Gasteiger partial charge is 0.459 e. The minimum absolute atomic E-state index is 0.0738. The Hall–Kier alpha value is -0.515. The van der Waals surface area contributed by atoms with Gasteiger partial charge in [-0.1, -0.05) is 28.6 Å². The molecule has 5 heteroatoms. The highest BCUT2D eigenvalue weighted by atomic mass is 79.9. The van der Waals surface area contributed by atoms with Crippen LogP contribution in [0.15, 0.2) is 35.0 Å². The van der Waals surface area contributed by atoms with Crippen LogP contribution >= 0.6 is 15.9 Å². The number of ether oxygens (including phenoxy) is 1. The van der Waals surface area contributed by atoms with Crippen LogP contribution in [0.4, 0.5) is 0 Å². The van der Waals surface area contributed by atoms with E-state index in [2.05, 4.69) is 22.5 Å². The minimum Gasteiger partial charge on any atom is -0.502 e. The third kappa shape index (κ3) is 6.63. The van der Waals surface area contributed by atoms with Crippen molar-refractivity contribution < 1.29 is 14.8 Å². The van der Waals surface area contributed by atoms with Crippen molar-refractivity contribution >= 4 is 23.0 Å². The molecular formula is C8H12BBrO3. The Balaban J connectivity index is 4.30. The van der Waals surface area contributed by atoms with Gasteiger partial charge in [0.25, 0.3) is 0 Å². The summed E-state index contributed by atoms with van der Waals surface area (Å²) in [4.78, 5) is 0. The Kier molecular flexibility index (Phi) is 6.67. The summed E-state index contributed by atoms with van der Waals surface area (Å²) in [6.45, 7) is 3.54. The van der Waals surface area contributed by atoms with Crippen molar-refractivity contribution in [3.63, 3.8) is 0 Å². The summed E-state index contributed by atoms with van der Waals surface area (Å²) in [7, 11) is 0.0891. The molecule has 0 radical (unpaired) electrons. The zero-order valence-corrected chi connectivity index (χ0v) is 8.99. The van der Waals surface area contributed by atoms with Crippen molar-refractivity contribution in [3.8, 4) is 0 Å². The van der Waals surface area contributed by atoms with E-state index in [9.17, 15) is 0 Å². The zero-order chi connectivity index (χ0) is 10.3. The molecule has 3 nitrogen and oxygen atoms in total. The van der Waals surface area contributed by atoms with Crippen molar-refractivity contribution in [2.24, 2.45) is 0 Å². The van der Waals surface area contributed by atoms with E-state index in [0.717, 1.165) is 4.48 Å². The molecule has 0 unspecified atom stereocenters. The summed E-state index contributed by atoms with van der Waals surface area (Å²) >= 11 is 3.22. The molecule has 0 aliphatic carbocycles. The Bertz CT molecular complexity index is 223. The Morgan fingerprint density at radius 1 is 1.54 bits per heavy atom. The van der Waals surface area contributed by atoms with E-state index in [1.807, 2.05) is 0 Å². The standard InChI is InChI=1S/C8H12BBrO3/c1-3-7(10)4-5-8(13-2)6-9(11)12/h3-5,11-12H,1,6H2,2H3/b7-4+,8-5+. The fourth-order valence-corrected chi connectivity index (χ4v) is 0.772. The molecule has 0 bridgehead atoms. The molecule has 0 aromatic rings. The van der Waals surface area contributed by atoms with E-state index in [0.29, 0.717) is 5.76 Å². The summed E-state index contributed by atoms with van der Waals surface area (Å²) in [5, 5.41) is 17.3. The molecule has 0 aliphatic rings. The van der Waals surface area contributed by atoms with E-state index >= 15 is 0 Å². The van der Waals surface area contributed by atoms with Crippen LogP contribution in [0.3, 0.4) is 0 Å². The van der Waals surface area contributed by atoms with E-state index in [4.69, 9.17) is 14.8 Å². The van der Waals surface area contributed by atoms with Crippen LogP contribution in [0.1, 0.15) is 0 Å². The number of rotatable bonds is 5. The second-order valence-electron chi connectivity index (χ2n) is 2.28. The monoisotopic (exact) mass is 246 g/mol. The fourth-order valence-electron chi connectivity index (χ4n) is 0.640. The summed E-state index contributed by atoms with van der Waals surface area (Å²) in [6, 6.07) is 0. The zero-order valence-electron chi connectivity index (χ0n) is 7.40. The molecule has 0 heterocycles. The molecule has 0 amide bonds. The van der Waals surface area contributed by atoms with Gasteiger partial charge in [-0.25, -0.2) is 0 Å². The molecule has 0 saturated carbocycles. The average Bonchev–Trinajstić information content (AvgIpc) is 2.10. The Labute approximate surface area is 86.7 Å². The first-order valence-corrected chi connectivity index (χ1v) is 4.48. The Morgan fingerprint density at radius 3 is 2.54 bits per heavy atom. The quantitative estimate of drug-likeness (QED) is 0.439. The molecular weight excluding hydrogens is 235 g/mol. The van der Waals surface area contributed by atoms with Gasteiger partial charge in [-0.2, -0.15) is 0 Å². The van der Waals surface area contributed by atoms with Gasteiger partial charge in [-0.15, -0.1) is 0 Å². The third-order valence-corrected chi connectivity index (χ3v) is 1.86. The van der Waals surface area contributed by atoms with Crippen LogP contribution in [0.5, 0.6) is 0 Å². The number of halogens is 1. The molecule has 0 spiro atoms. The van der Waals surface area contributed by atoms with Gasteiger partial charge in [0.1, 0.15) is 0 Å². The summed E-state index contributed by atoms with van der Waals surface area (Å²) in [5.41, 5.74) is 0. The lowest BCUT2D eigenvalue weighted by Crippen LogP contribution is -2.11. The molecule has 13 heavy (non-hydrogen) atoms. The SMILES string of the molecule is C=C/C(Br)=C\C=C(/CB(O)O)OC. The van der Waals surface area contributed by atoms with Crippen molar-refractivity contribution in [1.29, 1.82) is 0 Å². The fraction of sp³-hybridized carbons (Fsp3) is 0.250. The van der Waals surface area contributed by atoms with Crippen LogP contribution in [0.25, 0.3) is 0 Å². The summed E-state index contributed by atoms with van der Waals surface area (Å²) in [6.07, 6.45) is 5.06. The molecule has 0 saturated heterocycles. The summed E-state index contributed by atoms with van der Waals surface area (Å²) in [5.74, 6) is 0.494. The van der Waals surface area contributed by atoms with E-state index in [-0.39, 0.29) is 6.32 Å². The first-order valence-electron chi connectivity index (χ1n) is 3.69. The van der Waals surface area contributed by atoms with Gasteiger partial charge in [-0.3, -0.25) is 0 Å². The molecule has 0 aliphatic heterocycles. The van der Waals surface area contributed by atoms with Gasteiger partial charge in [-0.05, 0) is 12.2 Å². The largest absolute Gasteiger partial charge is 0.502 e. The Morgan fingerprint density at radius 2 is 2.15 bits per heavy atom. The second kappa shape index (κ2) is 6.94. The molecule has 0 atom stereocenters. The second-order valence-corrected chi connectivity index (χ2v) is 3.19. The van der Waals surface area contributed by atoms with Crippen molar-refractivity contribution in [3.05, 3.63) is 35.0 Å². The maximum Gasteiger partial charge on any atom is 0.459 e. The minimum atomic E-state index is -1.39. The molecule has 2 N–H and O–H groups in total. The number of hydrogen-bond acceptors (Lipinski definition) is 3. The predicted octanol–water partition coefficient (Wildman–Crippen LogP) is 1.45. The number of hydrogen-bond donors (Lipinski definition) is 2. The lowest BCUT2D eigenvalue weighted by Gasteiger charge is -2.03.